The van der Waals surface area contributed by atoms with Crippen LogP contribution < -0.4 is 10.2 Å². The number of para-hydroxylation sites is 1. The molecular formula is C19H23N3O. The highest BCUT2D eigenvalue weighted by Gasteiger charge is 2.34. The lowest BCUT2D eigenvalue weighted by atomic mass is 10.0. The fourth-order valence-corrected chi connectivity index (χ4v) is 3.00. The highest BCUT2D eigenvalue weighted by molar-refractivity contribution is 6.01. The van der Waals surface area contributed by atoms with Gasteiger partial charge in [0, 0.05) is 31.5 Å². The van der Waals surface area contributed by atoms with Gasteiger partial charge in [-0.3, -0.25) is 4.79 Å². The summed E-state index contributed by atoms with van der Waals surface area (Å²) in [4.78, 5) is 16.9. The second-order valence-corrected chi connectivity index (χ2v) is 6.38. The molecule has 0 aromatic heterocycles. The van der Waals surface area contributed by atoms with Crippen LogP contribution in [-0.2, 0) is 0 Å². The molecule has 23 heavy (non-hydrogen) atoms. The van der Waals surface area contributed by atoms with Gasteiger partial charge in [-0.2, -0.15) is 0 Å². The molecular weight excluding hydrogens is 286 g/mol. The Morgan fingerprint density at radius 3 is 2.30 bits per heavy atom. The molecule has 0 bridgehead atoms. The topological polar surface area (TPSA) is 35.6 Å². The molecule has 0 saturated heterocycles. The molecule has 1 heterocycles. The lowest BCUT2D eigenvalue weighted by Gasteiger charge is -2.40. The Hall–Kier alpha value is -2.49. The molecule has 1 aliphatic heterocycles. The van der Waals surface area contributed by atoms with E-state index in [1.807, 2.05) is 43.3 Å². The van der Waals surface area contributed by atoms with Crippen molar-refractivity contribution in [3.05, 3.63) is 59.7 Å². The fourth-order valence-electron chi connectivity index (χ4n) is 3.00. The van der Waals surface area contributed by atoms with Crippen LogP contribution in [0.15, 0.2) is 48.5 Å². The maximum absolute atomic E-state index is 12.9. The van der Waals surface area contributed by atoms with Crippen molar-refractivity contribution in [2.24, 2.45) is 0 Å². The van der Waals surface area contributed by atoms with Gasteiger partial charge in [-0.25, -0.2) is 0 Å². The van der Waals surface area contributed by atoms with Crippen molar-refractivity contribution in [1.29, 1.82) is 0 Å². The monoisotopic (exact) mass is 309 g/mol. The average molecular weight is 309 g/mol. The summed E-state index contributed by atoms with van der Waals surface area (Å²) < 4.78 is 0. The van der Waals surface area contributed by atoms with Gasteiger partial charge in [-0.15, -0.1) is 0 Å². The van der Waals surface area contributed by atoms with Crippen LogP contribution in [-0.4, -0.2) is 30.9 Å². The van der Waals surface area contributed by atoms with Crippen LogP contribution >= 0.6 is 0 Å². The maximum atomic E-state index is 12.9. The number of nitrogens with one attached hydrogen (secondary N) is 1. The van der Waals surface area contributed by atoms with Crippen LogP contribution in [0, 0.1) is 0 Å². The molecule has 2 aromatic carbocycles. The summed E-state index contributed by atoms with van der Waals surface area (Å²) in [5, 5.41) is 3.52. The number of carbonyl (C=O) groups is 1. The lowest BCUT2D eigenvalue weighted by Crippen LogP contribution is -2.46. The smallest absolute Gasteiger partial charge is 0.258 e. The van der Waals surface area contributed by atoms with E-state index < -0.39 is 0 Å². The zero-order valence-electron chi connectivity index (χ0n) is 14.1. The van der Waals surface area contributed by atoms with Crippen LogP contribution in [0.1, 0.15) is 35.9 Å². The molecule has 2 aromatic rings. The Kier molecular flexibility index (Phi) is 3.99. The standard InChI is InChI=1S/C19H23N3O/c1-13(2)22-18(14-9-11-15(12-10-14)21(3)4)20-17-8-6-5-7-16(17)19(22)23/h5-13,18,20H,1-4H3. The lowest BCUT2D eigenvalue weighted by molar-refractivity contribution is 0.0617. The van der Waals surface area contributed by atoms with E-state index in [0.29, 0.717) is 0 Å². The minimum absolute atomic E-state index is 0.0797. The zero-order chi connectivity index (χ0) is 16.6. The normalized spacial score (nSPS) is 17.0. The van der Waals surface area contributed by atoms with Crippen molar-refractivity contribution in [3.63, 3.8) is 0 Å². The largest absolute Gasteiger partial charge is 0.378 e. The van der Waals surface area contributed by atoms with Crippen molar-refractivity contribution >= 4 is 17.3 Å². The Labute approximate surface area is 137 Å². The Morgan fingerprint density at radius 2 is 1.70 bits per heavy atom. The molecule has 0 aliphatic carbocycles. The quantitative estimate of drug-likeness (QED) is 0.938. The summed E-state index contributed by atoms with van der Waals surface area (Å²) in [6.45, 7) is 4.10. The molecule has 1 aliphatic rings. The molecule has 1 N–H and O–H groups in total. The van der Waals surface area contributed by atoms with Crippen LogP contribution in [0.4, 0.5) is 11.4 Å². The number of nitrogens with zero attached hydrogens (tertiary/aromatic N) is 2. The van der Waals surface area contributed by atoms with Crippen LogP contribution in [0.5, 0.6) is 0 Å². The Morgan fingerprint density at radius 1 is 1.04 bits per heavy atom. The molecule has 0 spiro atoms. The predicted octanol–water partition coefficient (Wildman–Crippen LogP) is 3.73. The van der Waals surface area contributed by atoms with Gasteiger partial charge >= 0.3 is 0 Å². The minimum Gasteiger partial charge on any atom is -0.378 e. The molecule has 120 valence electrons. The van der Waals surface area contributed by atoms with Crippen LogP contribution in [0.2, 0.25) is 0 Å². The van der Waals surface area contributed by atoms with Gasteiger partial charge in [0.25, 0.3) is 5.91 Å². The summed E-state index contributed by atoms with van der Waals surface area (Å²) in [7, 11) is 4.04. The van der Waals surface area contributed by atoms with Gasteiger partial charge in [-0.1, -0.05) is 24.3 Å². The number of hydrogen-bond acceptors (Lipinski definition) is 3. The Balaban J connectivity index is 2.01. The van der Waals surface area contributed by atoms with E-state index in [1.54, 1.807) is 0 Å². The van der Waals surface area contributed by atoms with E-state index in [1.165, 1.54) is 0 Å². The van der Waals surface area contributed by atoms with E-state index in [0.717, 1.165) is 22.5 Å². The van der Waals surface area contributed by atoms with E-state index in [4.69, 9.17) is 0 Å². The van der Waals surface area contributed by atoms with Crippen LogP contribution in [0.25, 0.3) is 0 Å². The number of hydrogen-bond donors (Lipinski definition) is 1. The second kappa shape index (κ2) is 5.95. The molecule has 3 rings (SSSR count). The molecule has 0 radical (unpaired) electrons. The molecule has 0 saturated carbocycles. The van der Waals surface area contributed by atoms with E-state index >= 15 is 0 Å². The molecule has 4 heteroatoms. The summed E-state index contributed by atoms with van der Waals surface area (Å²) >= 11 is 0. The van der Waals surface area contributed by atoms with Gasteiger partial charge in [0.1, 0.15) is 6.17 Å². The third-order valence-corrected chi connectivity index (χ3v) is 4.24. The molecule has 1 unspecified atom stereocenters. The van der Waals surface area contributed by atoms with Crippen molar-refractivity contribution < 1.29 is 4.79 Å². The number of anilines is 2. The fraction of sp³-hybridized carbons (Fsp3) is 0.316. The Bertz CT molecular complexity index is 707. The third kappa shape index (κ3) is 2.77. The molecule has 1 atom stereocenters. The van der Waals surface area contributed by atoms with Gasteiger partial charge < -0.3 is 15.1 Å². The highest BCUT2D eigenvalue weighted by Crippen LogP contribution is 2.34. The predicted molar refractivity (Wildman–Crippen MR) is 94.9 cm³/mol. The van der Waals surface area contributed by atoms with Crippen LogP contribution in [0.3, 0.4) is 0 Å². The molecule has 1 amide bonds. The van der Waals surface area contributed by atoms with Gasteiger partial charge in [0.15, 0.2) is 0 Å². The minimum atomic E-state index is -0.145. The number of benzene rings is 2. The van der Waals surface area contributed by atoms with Crippen molar-refractivity contribution in [3.8, 4) is 0 Å². The first-order valence-corrected chi connectivity index (χ1v) is 7.94. The summed E-state index contributed by atoms with van der Waals surface area (Å²) in [5.41, 5.74) is 3.87. The van der Waals surface area contributed by atoms with E-state index in [-0.39, 0.29) is 18.1 Å². The van der Waals surface area contributed by atoms with Crippen molar-refractivity contribution in [1.82, 2.24) is 4.90 Å². The summed E-state index contributed by atoms with van der Waals surface area (Å²) in [6.07, 6.45) is -0.145. The molecule has 0 fully saturated rings. The number of amides is 1. The number of rotatable bonds is 3. The third-order valence-electron chi connectivity index (χ3n) is 4.24. The highest BCUT2D eigenvalue weighted by atomic mass is 16.2. The summed E-state index contributed by atoms with van der Waals surface area (Å²) in [5.74, 6) is 0.0797. The number of fused-ring (bicyclic) bond motifs is 1. The van der Waals surface area contributed by atoms with Gasteiger partial charge in [0.05, 0.1) is 5.56 Å². The van der Waals surface area contributed by atoms with Crippen molar-refractivity contribution in [2.45, 2.75) is 26.1 Å². The first kappa shape index (κ1) is 15.4. The summed E-state index contributed by atoms with van der Waals surface area (Å²) in [6, 6.07) is 16.2. The van der Waals surface area contributed by atoms with Crippen molar-refractivity contribution in [2.75, 3.05) is 24.3 Å². The number of carbonyl (C=O) groups excluding carboxylic acids is 1. The first-order valence-electron chi connectivity index (χ1n) is 7.94. The van der Waals surface area contributed by atoms with E-state index in [2.05, 4.69) is 48.3 Å². The average Bonchev–Trinajstić information content (AvgIpc) is 2.54. The van der Waals surface area contributed by atoms with Gasteiger partial charge in [-0.05, 0) is 43.7 Å². The SMILES string of the molecule is CC(C)N1C(=O)c2ccccc2NC1c1ccc(N(C)C)cc1. The first-order chi connectivity index (χ1) is 11.0. The zero-order valence-corrected chi connectivity index (χ0v) is 14.1. The molecule has 4 nitrogen and oxygen atoms in total. The van der Waals surface area contributed by atoms with E-state index in [9.17, 15) is 4.79 Å². The maximum Gasteiger partial charge on any atom is 0.258 e. The second-order valence-electron chi connectivity index (χ2n) is 6.38. The van der Waals surface area contributed by atoms with Gasteiger partial charge in [0.2, 0.25) is 0 Å².